The maximum Gasteiger partial charge on any atom is 0.330 e. The molecule has 4 rings (SSSR count). The van der Waals surface area contributed by atoms with Crippen LogP contribution < -0.4 is 20.9 Å². The van der Waals surface area contributed by atoms with Crippen molar-refractivity contribution in [1.29, 1.82) is 0 Å². The molecule has 0 spiro atoms. The molecule has 37 heavy (non-hydrogen) atoms. The first kappa shape index (κ1) is 26.9. The number of esters is 1. The number of benzene rings is 2. The molecule has 0 radical (unpaired) electrons. The van der Waals surface area contributed by atoms with Gasteiger partial charge in [0.2, 0.25) is 0 Å². The minimum atomic E-state index is -1.85. The fraction of sp³-hybridized carbons (Fsp3) is 0.400. The number of hydrogen-bond donors (Lipinski definition) is 2. The van der Waals surface area contributed by atoms with E-state index in [1.807, 2.05) is 36.4 Å². The van der Waals surface area contributed by atoms with Crippen molar-refractivity contribution in [1.82, 2.24) is 14.6 Å². The minimum Gasteiger partial charge on any atom is -0.462 e. The maximum absolute atomic E-state index is 14.8. The van der Waals surface area contributed by atoms with Crippen LogP contribution in [-0.2, 0) is 18.8 Å². The molecule has 1 saturated heterocycles. The number of aryl methyl sites for hydroxylation is 1. The number of aromatic nitrogens is 2. The second kappa shape index (κ2) is 12.0. The van der Waals surface area contributed by atoms with Gasteiger partial charge in [-0.3, -0.25) is 19.1 Å². The first-order chi connectivity index (χ1) is 17.7. The molecule has 2 aromatic carbocycles. The number of rotatable bonds is 10. The average molecular weight is 533 g/mol. The zero-order chi connectivity index (χ0) is 26.5. The van der Waals surface area contributed by atoms with E-state index in [1.165, 1.54) is 13.1 Å². The van der Waals surface area contributed by atoms with Gasteiger partial charge in [-0.1, -0.05) is 36.4 Å². The van der Waals surface area contributed by atoms with Gasteiger partial charge in [0.1, 0.15) is 18.5 Å². The van der Waals surface area contributed by atoms with Crippen LogP contribution in [0.4, 0.5) is 4.39 Å². The fourth-order valence-corrected chi connectivity index (χ4v) is 4.99. The lowest BCUT2D eigenvalue weighted by atomic mass is 10.1. The van der Waals surface area contributed by atoms with Crippen molar-refractivity contribution in [3.05, 3.63) is 75.1 Å². The summed E-state index contributed by atoms with van der Waals surface area (Å²) in [6.07, 6.45) is -2.40. The summed E-state index contributed by atoms with van der Waals surface area (Å²) in [6, 6.07) is 13.3. The molecule has 10 nitrogen and oxygen atoms in total. The monoisotopic (exact) mass is 533 g/mol. The van der Waals surface area contributed by atoms with Crippen LogP contribution >= 0.6 is 8.53 Å². The Labute approximate surface area is 213 Å². The van der Waals surface area contributed by atoms with Crippen LogP contribution in [0.5, 0.6) is 5.75 Å². The van der Waals surface area contributed by atoms with Gasteiger partial charge in [-0.15, -0.1) is 0 Å². The Bertz CT molecular complexity index is 1360. The third-order valence-corrected chi connectivity index (χ3v) is 6.74. The number of hydrogen-bond acceptors (Lipinski definition) is 8. The van der Waals surface area contributed by atoms with E-state index >= 15 is 0 Å². The summed E-state index contributed by atoms with van der Waals surface area (Å²) in [7, 11) is -1.85. The second-order valence-electron chi connectivity index (χ2n) is 8.87. The highest BCUT2D eigenvalue weighted by molar-refractivity contribution is 7.45. The first-order valence-electron chi connectivity index (χ1n) is 11.8. The summed E-state index contributed by atoms with van der Waals surface area (Å²) in [4.78, 5) is 38.1. The standard InChI is InChI=1S/C25H29FN3O7P/c1-15(2)34-22(30)12-27-37(36-21-10-6-8-17-7-4-5-9-19(17)21)33-14-18-11-20(26)24(35-18)29-13-16(3)23(31)28-25(29)32/h4-10,13,15,18,20,24,27H,11-12,14H2,1-3H3,(H,28,31,32). The molecule has 2 N–H and O–H groups in total. The van der Waals surface area contributed by atoms with E-state index in [0.717, 1.165) is 15.3 Å². The molecule has 198 valence electrons. The summed E-state index contributed by atoms with van der Waals surface area (Å²) in [5, 5.41) is 4.77. The molecule has 4 atom stereocenters. The van der Waals surface area contributed by atoms with Crippen molar-refractivity contribution >= 4 is 25.3 Å². The average Bonchev–Trinajstić information content (AvgIpc) is 3.23. The van der Waals surface area contributed by atoms with Crippen molar-refractivity contribution in [2.24, 2.45) is 0 Å². The van der Waals surface area contributed by atoms with Gasteiger partial charge in [-0.05, 0) is 32.2 Å². The SMILES string of the molecule is Cc1cn(C2OC(COP(NCC(=O)OC(C)C)Oc3cccc4ccccc34)CC2F)c(=O)[nH]c1=O. The predicted octanol–water partition coefficient (Wildman–Crippen LogP) is 3.49. The van der Waals surface area contributed by atoms with Crippen molar-refractivity contribution < 1.29 is 27.7 Å². The largest absolute Gasteiger partial charge is 0.462 e. The third-order valence-electron chi connectivity index (χ3n) is 5.58. The van der Waals surface area contributed by atoms with E-state index in [4.69, 9.17) is 18.5 Å². The van der Waals surface area contributed by atoms with E-state index in [1.54, 1.807) is 19.9 Å². The summed E-state index contributed by atoms with van der Waals surface area (Å²) >= 11 is 0. The van der Waals surface area contributed by atoms with Gasteiger partial charge in [0.15, 0.2) is 6.23 Å². The number of carbonyl (C=O) groups excluding carboxylic acids is 1. The summed E-state index contributed by atoms with van der Waals surface area (Å²) in [6.45, 7) is 4.81. The lowest BCUT2D eigenvalue weighted by Crippen LogP contribution is -2.35. The molecule has 4 unspecified atom stereocenters. The van der Waals surface area contributed by atoms with Crippen LogP contribution in [0.15, 0.2) is 58.3 Å². The number of alkyl halides is 1. The Morgan fingerprint density at radius 3 is 2.78 bits per heavy atom. The molecular weight excluding hydrogens is 504 g/mol. The molecular formula is C25H29FN3O7P. The van der Waals surface area contributed by atoms with Gasteiger partial charge in [-0.25, -0.2) is 14.3 Å². The van der Waals surface area contributed by atoms with Crippen LogP contribution in [0, 0.1) is 6.92 Å². The lowest BCUT2D eigenvalue weighted by Gasteiger charge is -2.21. The van der Waals surface area contributed by atoms with Crippen molar-refractivity contribution in [2.45, 2.75) is 51.8 Å². The molecule has 3 aromatic rings. The molecule has 1 aromatic heterocycles. The Morgan fingerprint density at radius 1 is 1.24 bits per heavy atom. The van der Waals surface area contributed by atoms with E-state index in [2.05, 4.69) is 10.1 Å². The van der Waals surface area contributed by atoms with Gasteiger partial charge >= 0.3 is 20.2 Å². The summed E-state index contributed by atoms with van der Waals surface area (Å²) in [5.74, 6) is 0.0826. The van der Waals surface area contributed by atoms with Gasteiger partial charge < -0.3 is 18.5 Å². The van der Waals surface area contributed by atoms with Crippen molar-refractivity contribution in [3.8, 4) is 5.75 Å². The van der Waals surface area contributed by atoms with Crippen molar-refractivity contribution in [3.63, 3.8) is 0 Å². The Balaban J connectivity index is 1.45. The van der Waals surface area contributed by atoms with E-state index < -0.39 is 44.2 Å². The number of nitrogens with one attached hydrogen (secondary N) is 2. The van der Waals surface area contributed by atoms with E-state index in [9.17, 15) is 18.8 Å². The highest BCUT2D eigenvalue weighted by atomic mass is 31.2. The summed E-state index contributed by atoms with van der Waals surface area (Å²) < 4.78 is 38.8. The number of H-pyrrole nitrogens is 1. The normalized spacial score (nSPS) is 20.3. The van der Waals surface area contributed by atoms with Gasteiger partial charge in [-0.2, -0.15) is 0 Å². The van der Waals surface area contributed by atoms with Gasteiger partial charge in [0.25, 0.3) is 5.56 Å². The molecule has 12 heteroatoms. The second-order valence-corrected chi connectivity index (χ2v) is 10.1. The fourth-order valence-electron chi connectivity index (χ4n) is 3.88. The number of nitrogens with zero attached hydrogens (tertiary/aromatic N) is 1. The van der Waals surface area contributed by atoms with Crippen molar-refractivity contribution in [2.75, 3.05) is 13.2 Å². The van der Waals surface area contributed by atoms with Crippen LogP contribution in [0.2, 0.25) is 0 Å². The highest BCUT2D eigenvalue weighted by Gasteiger charge is 2.38. The Morgan fingerprint density at radius 2 is 2.00 bits per heavy atom. The molecule has 1 fully saturated rings. The molecule has 0 amide bonds. The van der Waals surface area contributed by atoms with Crippen LogP contribution in [0.1, 0.15) is 32.1 Å². The molecule has 0 saturated carbocycles. The number of halogens is 1. The zero-order valence-electron chi connectivity index (χ0n) is 20.7. The summed E-state index contributed by atoms with van der Waals surface area (Å²) in [5.41, 5.74) is -1.02. The molecule has 1 aliphatic heterocycles. The number of carbonyl (C=O) groups is 1. The number of ether oxygens (including phenoxy) is 2. The Kier molecular flexibility index (Phi) is 8.71. The predicted molar refractivity (Wildman–Crippen MR) is 136 cm³/mol. The third kappa shape index (κ3) is 6.81. The Hall–Kier alpha value is -3.11. The quantitative estimate of drug-likeness (QED) is 0.300. The topological polar surface area (TPSA) is 121 Å². The lowest BCUT2D eigenvalue weighted by molar-refractivity contribution is -0.145. The minimum absolute atomic E-state index is 0.0257. The first-order valence-corrected chi connectivity index (χ1v) is 13.0. The molecule has 1 aliphatic rings. The van der Waals surface area contributed by atoms with Crippen LogP contribution in [0.3, 0.4) is 0 Å². The van der Waals surface area contributed by atoms with Crippen LogP contribution in [-0.4, -0.2) is 47.1 Å². The van der Waals surface area contributed by atoms with E-state index in [-0.39, 0.29) is 31.2 Å². The van der Waals surface area contributed by atoms with E-state index in [0.29, 0.717) is 5.75 Å². The van der Waals surface area contributed by atoms with Gasteiger partial charge in [0.05, 0.1) is 18.8 Å². The maximum atomic E-state index is 14.8. The number of aromatic amines is 1. The number of fused-ring (bicyclic) bond motifs is 1. The molecule has 2 heterocycles. The van der Waals surface area contributed by atoms with Crippen LogP contribution in [0.25, 0.3) is 10.8 Å². The molecule has 0 bridgehead atoms. The van der Waals surface area contributed by atoms with Gasteiger partial charge in [0, 0.05) is 23.6 Å². The smallest absolute Gasteiger partial charge is 0.330 e. The highest BCUT2D eigenvalue weighted by Crippen LogP contribution is 2.40. The molecule has 0 aliphatic carbocycles. The zero-order valence-corrected chi connectivity index (χ0v) is 21.6.